The molecule has 6 heteroatoms. The van der Waals surface area contributed by atoms with E-state index in [1.165, 1.54) is 0 Å². The van der Waals surface area contributed by atoms with E-state index in [0.717, 1.165) is 25.5 Å². The van der Waals surface area contributed by atoms with E-state index in [1.54, 1.807) is 0 Å². The van der Waals surface area contributed by atoms with Gasteiger partial charge in [0.05, 0.1) is 0 Å². The first-order valence-corrected chi connectivity index (χ1v) is 8.15. The number of carbonyl (C=O) groups is 1. The van der Waals surface area contributed by atoms with E-state index in [-0.39, 0.29) is 11.8 Å². The predicted molar refractivity (Wildman–Crippen MR) is 83.3 cm³/mol. The second-order valence-corrected chi connectivity index (χ2v) is 7.97. The Labute approximate surface area is 132 Å². The Morgan fingerprint density at radius 3 is 2.45 bits per heavy atom. The number of amides is 1. The molecule has 124 valence electrons. The van der Waals surface area contributed by atoms with Gasteiger partial charge in [0, 0.05) is 25.6 Å². The normalized spacial score (nSPS) is 32.5. The number of oxime groups is 1. The lowest BCUT2D eigenvalue weighted by Crippen LogP contribution is -2.45. The SMILES string of the molecule is CCN1C(C2[C@H]3CN(C(=O)OC(C)(C)C)C[C@@H]23)=NOC1(C)C. The highest BCUT2D eigenvalue weighted by molar-refractivity contribution is 5.89. The van der Waals surface area contributed by atoms with Gasteiger partial charge in [0.1, 0.15) is 5.60 Å². The van der Waals surface area contributed by atoms with Gasteiger partial charge in [-0.3, -0.25) is 0 Å². The molecule has 2 heterocycles. The number of hydrogen-bond donors (Lipinski definition) is 0. The number of rotatable bonds is 2. The summed E-state index contributed by atoms with van der Waals surface area (Å²) in [6.07, 6.45) is -0.198. The van der Waals surface area contributed by atoms with Crippen molar-refractivity contribution >= 4 is 11.9 Å². The predicted octanol–water partition coefficient (Wildman–Crippen LogP) is 2.50. The van der Waals surface area contributed by atoms with Crippen LogP contribution in [0.4, 0.5) is 4.79 Å². The highest BCUT2D eigenvalue weighted by atomic mass is 16.7. The summed E-state index contributed by atoms with van der Waals surface area (Å²) < 4.78 is 5.45. The third kappa shape index (κ3) is 2.52. The summed E-state index contributed by atoms with van der Waals surface area (Å²) in [6.45, 7) is 14.3. The van der Waals surface area contributed by atoms with E-state index >= 15 is 0 Å². The van der Waals surface area contributed by atoms with E-state index in [0.29, 0.717) is 17.8 Å². The Morgan fingerprint density at radius 2 is 1.95 bits per heavy atom. The summed E-state index contributed by atoms with van der Waals surface area (Å²) in [5.41, 5.74) is -0.790. The molecule has 1 saturated heterocycles. The fourth-order valence-corrected chi connectivity index (χ4v) is 3.70. The largest absolute Gasteiger partial charge is 0.444 e. The number of fused-ring (bicyclic) bond motifs is 1. The van der Waals surface area contributed by atoms with Gasteiger partial charge in [-0.2, -0.15) is 0 Å². The molecule has 0 radical (unpaired) electrons. The summed E-state index contributed by atoms with van der Waals surface area (Å²) >= 11 is 0. The van der Waals surface area contributed by atoms with Crippen molar-refractivity contribution in [1.82, 2.24) is 9.80 Å². The minimum Gasteiger partial charge on any atom is -0.444 e. The van der Waals surface area contributed by atoms with Crippen molar-refractivity contribution in [2.24, 2.45) is 22.9 Å². The van der Waals surface area contributed by atoms with Crippen LogP contribution in [0.2, 0.25) is 0 Å². The number of nitrogens with zero attached hydrogens (tertiary/aromatic N) is 3. The van der Waals surface area contributed by atoms with Crippen molar-refractivity contribution in [3.8, 4) is 0 Å². The Hall–Kier alpha value is -1.46. The summed E-state index contributed by atoms with van der Waals surface area (Å²) in [6, 6.07) is 0. The van der Waals surface area contributed by atoms with Gasteiger partial charge in [-0.1, -0.05) is 5.16 Å². The summed E-state index contributed by atoms with van der Waals surface area (Å²) in [7, 11) is 0. The van der Waals surface area contributed by atoms with Crippen molar-refractivity contribution < 1.29 is 14.4 Å². The lowest BCUT2D eigenvalue weighted by molar-refractivity contribution is -0.0670. The molecule has 0 aromatic heterocycles. The van der Waals surface area contributed by atoms with Crippen LogP contribution in [0, 0.1) is 17.8 Å². The third-order valence-electron chi connectivity index (χ3n) is 4.75. The molecular weight excluding hydrogens is 282 g/mol. The molecule has 3 rings (SSSR count). The van der Waals surface area contributed by atoms with Crippen LogP contribution in [0.1, 0.15) is 41.5 Å². The molecule has 3 aliphatic rings. The first kappa shape index (κ1) is 15.4. The monoisotopic (exact) mass is 309 g/mol. The zero-order valence-electron chi connectivity index (χ0n) is 14.4. The molecule has 22 heavy (non-hydrogen) atoms. The highest BCUT2D eigenvalue weighted by Crippen LogP contribution is 2.54. The number of ether oxygens (including phenoxy) is 1. The van der Waals surface area contributed by atoms with E-state index in [4.69, 9.17) is 9.57 Å². The number of amidine groups is 1. The molecule has 0 bridgehead atoms. The van der Waals surface area contributed by atoms with Crippen LogP contribution in [0.25, 0.3) is 0 Å². The number of hydrogen-bond acceptors (Lipinski definition) is 5. The van der Waals surface area contributed by atoms with Crippen LogP contribution in [0.15, 0.2) is 5.16 Å². The molecule has 6 nitrogen and oxygen atoms in total. The van der Waals surface area contributed by atoms with E-state index in [1.807, 2.05) is 39.5 Å². The molecule has 1 amide bonds. The summed E-state index contributed by atoms with van der Waals surface area (Å²) in [5, 5.41) is 4.32. The molecule has 1 aliphatic carbocycles. The van der Waals surface area contributed by atoms with Gasteiger partial charge in [-0.25, -0.2) is 4.79 Å². The lowest BCUT2D eigenvalue weighted by Gasteiger charge is -2.31. The Kier molecular flexibility index (Phi) is 3.34. The van der Waals surface area contributed by atoms with Gasteiger partial charge in [0.15, 0.2) is 5.84 Å². The van der Waals surface area contributed by atoms with Crippen LogP contribution >= 0.6 is 0 Å². The quantitative estimate of drug-likeness (QED) is 0.786. The molecule has 2 aliphatic heterocycles. The maximum atomic E-state index is 12.1. The van der Waals surface area contributed by atoms with Crippen LogP contribution in [-0.2, 0) is 9.57 Å². The van der Waals surface area contributed by atoms with E-state index < -0.39 is 5.60 Å². The van der Waals surface area contributed by atoms with Gasteiger partial charge in [0.25, 0.3) is 0 Å². The number of likely N-dealkylation sites (tertiary alicyclic amines) is 1. The fourth-order valence-electron chi connectivity index (χ4n) is 3.70. The molecule has 0 aromatic carbocycles. The number of carbonyl (C=O) groups excluding carboxylic acids is 1. The standard InChI is InChI=1S/C16H27N3O3/c1-7-19-13(17-22-16(19,5)6)12-10-8-18(9-11(10)12)14(20)21-15(2,3)4/h10-12H,7-9H2,1-6H3/t10-,11+,12?. The van der Waals surface area contributed by atoms with Crippen molar-refractivity contribution in [3.63, 3.8) is 0 Å². The lowest BCUT2D eigenvalue weighted by atomic mass is 10.1. The molecular formula is C16H27N3O3. The first-order chi connectivity index (χ1) is 10.1. The minimum absolute atomic E-state index is 0.198. The second-order valence-electron chi connectivity index (χ2n) is 7.97. The van der Waals surface area contributed by atoms with E-state index in [9.17, 15) is 4.79 Å². The Balaban J connectivity index is 1.59. The van der Waals surface area contributed by atoms with Crippen LogP contribution in [0.5, 0.6) is 0 Å². The van der Waals surface area contributed by atoms with Crippen molar-refractivity contribution in [1.29, 1.82) is 0 Å². The van der Waals surface area contributed by atoms with Gasteiger partial charge < -0.3 is 19.4 Å². The second kappa shape index (κ2) is 4.77. The minimum atomic E-state index is -0.435. The molecule has 0 aromatic rings. The van der Waals surface area contributed by atoms with Crippen molar-refractivity contribution in [3.05, 3.63) is 0 Å². The Bertz CT molecular complexity index is 497. The van der Waals surface area contributed by atoms with Crippen molar-refractivity contribution in [2.45, 2.75) is 52.9 Å². The molecule has 0 spiro atoms. The smallest absolute Gasteiger partial charge is 0.410 e. The maximum Gasteiger partial charge on any atom is 0.410 e. The van der Waals surface area contributed by atoms with E-state index in [2.05, 4.69) is 17.0 Å². The average molecular weight is 309 g/mol. The molecule has 1 saturated carbocycles. The average Bonchev–Trinajstić information content (AvgIpc) is 2.76. The first-order valence-electron chi connectivity index (χ1n) is 8.15. The zero-order valence-corrected chi connectivity index (χ0v) is 14.4. The molecule has 2 fully saturated rings. The topological polar surface area (TPSA) is 54.4 Å². The van der Waals surface area contributed by atoms with Gasteiger partial charge in [-0.05, 0) is 53.4 Å². The van der Waals surface area contributed by atoms with Gasteiger partial charge in [-0.15, -0.1) is 0 Å². The molecule has 0 N–H and O–H groups in total. The third-order valence-corrected chi connectivity index (χ3v) is 4.75. The number of piperidine rings is 1. The van der Waals surface area contributed by atoms with Crippen molar-refractivity contribution in [2.75, 3.05) is 19.6 Å². The van der Waals surface area contributed by atoms with Crippen LogP contribution in [0.3, 0.4) is 0 Å². The summed E-state index contributed by atoms with van der Waals surface area (Å²) in [4.78, 5) is 21.7. The Morgan fingerprint density at radius 1 is 1.36 bits per heavy atom. The fraction of sp³-hybridized carbons (Fsp3) is 0.875. The van der Waals surface area contributed by atoms with Crippen LogP contribution in [-0.4, -0.2) is 52.7 Å². The van der Waals surface area contributed by atoms with Gasteiger partial charge >= 0.3 is 6.09 Å². The molecule has 3 atom stereocenters. The highest BCUT2D eigenvalue weighted by Gasteiger charge is 2.62. The molecule has 1 unspecified atom stereocenters. The van der Waals surface area contributed by atoms with Gasteiger partial charge in [0.2, 0.25) is 5.72 Å². The summed E-state index contributed by atoms with van der Waals surface area (Å²) in [5.74, 6) is 2.49. The zero-order chi connectivity index (χ0) is 16.3. The van der Waals surface area contributed by atoms with Crippen LogP contribution < -0.4 is 0 Å². The maximum absolute atomic E-state index is 12.1.